The Kier molecular flexibility index (Phi) is 5.89. The third-order valence-corrected chi connectivity index (χ3v) is 2.59. The van der Waals surface area contributed by atoms with Crippen LogP contribution < -0.4 is 5.32 Å². The molecule has 1 aromatic carbocycles. The molecule has 0 aliphatic carbocycles. The van der Waals surface area contributed by atoms with Crippen molar-refractivity contribution in [2.24, 2.45) is 0 Å². The third-order valence-electron chi connectivity index (χ3n) is 2.35. The van der Waals surface area contributed by atoms with Crippen LogP contribution in [-0.2, 0) is 4.74 Å². The lowest BCUT2D eigenvalue weighted by Crippen LogP contribution is -2.35. The fraction of sp³-hybridized carbons (Fsp3) is 0.400. The van der Waals surface area contributed by atoms with Crippen molar-refractivity contribution in [3.63, 3.8) is 0 Å². The molecule has 0 aliphatic rings. The van der Waals surface area contributed by atoms with Gasteiger partial charge in [-0.1, -0.05) is 24.2 Å². The van der Waals surface area contributed by atoms with E-state index in [0.29, 0.717) is 18.1 Å². The zero-order valence-electron chi connectivity index (χ0n) is 12.1. The van der Waals surface area contributed by atoms with E-state index < -0.39 is 11.7 Å². The van der Waals surface area contributed by atoms with Crippen LogP contribution in [0.5, 0.6) is 0 Å². The van der Waals surface area contributed by atoms with Gasteiger partial charge in [0.25, 0.3) is 0 Å². The van der Waals surface area contributed by atoms with Crippen LogP contribution in [0.2, 0.25) is 5.02 Å². The summed E-state index contributed by atoms with van der Waals surface area (Å²) in [6, 6.07) is 7.41. The lowest BCUT2D eigenvalue weighted by molar-refractivity contribution is 0.0341. The van der Waals surface area contributed by atoms with Crippen molar-refractivity contribution < 1.29 is 9.53 Å². The summed E-state index contributed by atoms with van der Waals surface area (Å²) in [4.78, 5) is 13.3. The van der Waals surface area contributed by atoms with E-state index in [1.54, 1.807) is 0 Å². The Hall–Kier alpha value is -1.68. The molecule has 0 saturated carbocycles. The van der Waals surface area contributed by atoms with E-state index >= 15 is 0 Å². The highest BCUT2D eigenvalue weighted by molar-refractivity contribution is 6.30. The molecule has 20 heavy (non-hydrogen) atoms. The van der Waals surface area contributed by atoms with Crippen LogP contribution in [0.25, 0.3) is 0 Å². The monoisotopic (exact) mass is 296 g/mol. The minimum absolute atomic E-state index is 0.402. The van der Waals surface area contributed by atoms with Gasteiger partial charge >= 0.3 is 6.09 Å². The molecule has 0 bridgehead atoms. The smallest absolute Gasteiger partial charge is 0.414 e. The molecule has 0 unspecified atom stereocenters. The van der Waals surface area contributed by atoms with Crippen molar-refractivity contribution >= 4 is 23.4 Å². The van der Waals surface area contributed by atoms with Gasteiger partial charge in [0.05, 0.1) is 0 Å². The first-order valence-electron chi connectivity index (χ1n) is 6.43. The molecule has 0 aromatic heterocycles. The molecule has 1 rings (SSSR count). The first-order valence-corrected chi connectivity index (χ1v) is 6.81. The molecule has 0 fully saturated rings. The van der Waals surface area contributed by atoms with Crippen molar-refractivity contribution in [1.29, 1.82) is 0 Å². The molecule has 0 heterocycles. The average molecular weight is 297 g/mol. The summed E-state index contributed by atoms with van der Waals surface area (Å²) in [6.07, 6.45) is 1.06. The van der Waals surface area contributed by atoms with Crippen LogP contribution in [0.15, 0.2) is 37.0 Å². The standard InChI is InChI=1S/C15H21ClN2O2/c1-5-18(14(19)20-15(2,3)4)10-9-17-13-8-6-7-12(16)11-13/h5-8,11,17H,1,9-10H2,2-4H3. The van der Waals surface area contributed by atoms with Crippen LogP contribution >= 0.6 is 11.6 Å². The van der Waals surface area contributed by atoms with Gasteiger partial charge in [0.2, 0.25) is 0 Å². The fourth-order valence-electron chi connectivity index (χ4n) is 1.50. The second-order valence-corrected chi connectivity index (χ2v) is 5.73. The van der Waals surface area contributed by atoms with Gasteiger partial charge in [-0.15, -0.1) is 0 Å². The van der Waals surface area contributed by atoms with Crippen molar-refractivity contribution in [2.75, 3.05) is 18.4 Å². The van der Waals surface area contributed by atoms with Crippen LogP contribution in [-0.4, -0.2) is 29.7 Å². The normalized spacial score (nSPS) is 10.8. The SMILES string of the molecule is C=CN(CCNc1cccc(Cl)c1)C(=O)OC(C)(C)C. The number of amides is 1. The van der Waals surface area contributed by atoms with Gasteiger partial charge in [0.15, 0.2) is 0 Å². The Morgan fingerprint density at radius 1 is 1.50 bits per heavy atom. The predicted molar refractivity (Wildman–Crippen MR) is 83.1 cm³/mol. The van der Waals surface area contributed by atoms with Crippen LogP contribution in [0, 0.1) is 0 Å². The molecule has 4 nitrogen and oxygen atoms in total. The van der Waals surface area contributed by atoms with E-state index in [1.807, 2.05) is 45.0 Å². The zero-order chi connectivity index (χ0) is 15.2. The summed E-state index contributed by atoms with van der Waals surface area (Å²) in [5, 5.41) is 3.86. The number of rotatable bonds is 5. The largest absolute Gasteiger partial charge is 0.443 e. The molecule has 1 amide bonds. The zero-order valence-corrected chi connectivity index (χ0v) is 12.9. The molecule has 0 aliphatic heterocycles. The molecular formula is C15H21ClN2O2. The first-order chi connectivity index (χ1) is 9.31. The van der Waals surface area contributed by atoms with Gasteiger partial charge in [0, 0.05) is 30.0 Å². The summed E-state index contributed by atoms with van der Waals surface area (Å²) < 4.78 is 5.28. The van der Waals surface area contributed by atoms with Gasteiger partial charge in [-0.05, 0) is 39.0 Å². The van der Waals surface area contributed by atoms with Crippen molar-refractivity contribution in [1.82, 2.24) is 4.90 Å². The van der Waals surface area contributed by atoms with E-state index in [0.717, 1.165) is 5.69 Å². The number of ether oxygens (including phenoxy) is 1. The van der Waals surface area contributed by atoms with E-state index in [2.05, 4.69) is 11.9 Å². The highest BCUT2D eigenvalue weighted by Crippen LogP contribution is 2.15. The van der Waals surface area contributed by atoms with Gasteiger partial charge in [-0.2, -0.15) is 0 Å². The summed E-state index contributed by atoms with van der Waals surface area (Å²) in [5.74, 6) is 0. The number of carbonyl (C=O) groups excluding carboxylic acids is 1. The molecule has 0 atom stereocenters. The molecule has 0 radical (unpaired) electrons. The number of nitrogens with one attached hydrogen (secondary N) is 1. The average Bonchev–Trinajstić information content (AvgIpc) is 2.32. The van der Waals surface area contributed by atoms with Gasteiger partial charge in [0.1, 0.15) is 5.60 Å². The van der Waals surface area contributed by atoms with Crippen LogP contribution in [0.3, 0.4) is 0 Å². The van der Waals surface area contributed by atoms with Crippen molar-refractivity contribution in [3.8, 4) is 0 Å². The summed E-state index contributed by atoms with van der Waals surface area (Å²) in [7, 11) is 0. The number of anilines is 1. The minimum atomic E-state index is -0.515. The number of hydrogen-bond acceptors (Lipinski definition) is 3. The first kappa shape index (κ1) is 16.4. The maximum Gasteiger partial charge on any atom is 0.414 e. The Balaban J connectivity index is 2.46. The lowest BCUT2D eigenvalue weighted by Gasteiger charge is -2.25. The van der Waals surface area contributed by atoms with Gasteiger partial charge in [-0.25, -0.2) is 4.79 Å². The summed E-state index contributed by atoms with van der Waals surface area (Å²) in [6.45, 7) is 10.2. The van der Waals surface area contributed by atoms with E-state index in [-0.39, 0.29) is 0 Å². The molecule has 1 aromatic rings. The molecule has 110 valence electrons. The molecule has 5 heteroatoms. The second-order valence-electron chi connectivity index (χ2n) is 5.29. The highest BCUT2D eigenvalue weighted by atomic mass is 35.5. The van der Waals surface area contributed by atoms with Crippen LogP contribution in [0.4, 0.5) is 10.5 Å². The van der Waals surface area contributed by atoms with Crippen molar-refractivity contribution in [3.05, 3.63) is 42.1 Å². The minimum Gasteiger partial charge on any atom is -0.443 e. The van der Waals surface area contributed by atoms with Crippen molar-refractivity contribution in [2.45, 2.75) is 26.4 Å². The molecule has 0 saturated heterocycles. The Morgan fingerprint density at radius 2 is 2.20 bits per heavy atom. The van der Waals surface area contributed by atoms with Gasteiger partial charge < -0.3 is 10.1 Å². The number of nitrogens with zero attached hydrogens (tertiary/aromatic N) is 1. The second kappa shape index (κ2) is 7.20. The fourth-order valence-corrected chi connectivity index (χ4v) is 1.69. The molecule has 1 N–H and O–H groups in total. The molecular weight excluding hydrogens is 276 g/mol. The predicted octanol–water partition coefficient (Wildman–Crippen LogP) is 4.13. The quantitative estimate of drug-likeness (QED) is 0.888. The number of benzene rings is 1. The number of carbonyl (C=O) groups is 1. The summed E-state index contributed by atoms with van der Waals surface area (Å²) in [5.41, 5.74) is 0.393. The maximum absolute atomic E-state index is 11.9. The van der Waals surface area contributed by atoms with E-state index in [4.69, 9.17) is 16.3 Å². The Bertz CT molecular complexity index is 469. The van der Waals surface area contributed by atoms with Gasteiger partial charge in [-0.3, -0.25) is 4.90 Å². The topological polar surface area (TPSA) is 41.6 Å². The number of halogens is 1. The maximum atomic E-state index is 11.9. The lowest BCUT2D eigenvalue weighted by atomic mass is 10.2. The summed E-state index contributed by atoms with van der Waals surface area (Å²) >= 11 is 5.90. The molecule has 0 spiro atoms. The third kappa shape index (κ3) is 5.97. The van der Waals surface area contributed by atoms with E-state index in [1.165, 1.54) is 11.1 Å². The Morgan fingerprint density at radius 3 is 2.75 bits per heavy atom. The Labute approximate surface area is 125 Å². The highest BCUT2D eigenvalue weighted by Gasteiger charge is 2.20. The number of hydrogen-bond donors (Lipinski definition) is 1. The van der Waals surface area contributed by atoms with E-state index in [9.17, 15) is 4.79 Å². The van der Waals surface area contributed by atoms with Crippen LogP contribution in [0.1, 0.15) is 20.8 Å².